The minimum Gasteiger partial charge on any atom is -0.495 e. The monoisotopic (exact) mass is 480 g/mol. The third-order valence-electron chi connectivity index (χ3n) is 5.66. The third-order valence-corrected chi connectivity index (χ3v) is 8.44. The van der Waals surface area contributed by atoms with Crippen molar-refractivity contribution in [2.45, 2.75) is 30.4 Å². The van der Waals surface area contributed by atoms with Gasteiger partial charge in [-0.3, -0.25) is 4.79 Å². The largest absolute Gasteiger partial charge is 0.495 e. The van der Waals surface area contributed by atoms with Crippen molar-refractivity contribution < 1.29 is 27.4 Å². The molecule has 1 atom stereocenters. The Labute approximate surface area is 192 Å². The summed E-state index contributed by atoms with van der Waals surface area (Å²) in [5.41, 5.74) is 0.312. The van der Waals surface area contributed by atoms with Gasteiger partial charge in [0.1, 0.15) is 10.6 Å². The second-order valence-corrected chi connectivity index (χ2v) is 10.7. The number of amides is 1. The van der Waals surface area contributed by atoms with E-state index in [4.69, 9.17) is 14.2 Å². The molecule has 2 saturated heterocycles. The maximum absolute atomic E-state index is 13.5. The maximum atomic E-state index is 13.5. The number of ether oxygens (including phenoxy) is 3. The number of carbonyl (C=O) groups is 1. The smallest absolute Gasteiger partial charge is 0.254 e. The molecular weight excluding hydrogens is 452 g/mol. The zero-order valence-corrected chi connectivity index (χ0v) is 19.7. The van der Waals surface area contributed by atoms with Crippen molar-refractivity contribution in [3.8, 4) is 5.75 Å². The summed E-state index contributed by atoms with van der Waals surface area (Å²) < 4.78 is 44.3. The molecule has 0 aliphatic carbocycles. The SMILES string of the molecule is COc1ccc(C(=O)N(Cc2cccs2)CC2CCCO2)cc1S(=O)(=O)N1CCOCC1. The zero-order valence-electron chi connectivity index (χ0n) is 18.1. The summed E-state index contributed by atoms with van der Waals surface area (Å²) in [5.74, 6) is -0.00745. The summed E-state index contributed by atoms with van der Waals surface area (Å²) in [6, 6.07) is 8.55. The van der Waals surface area contributed by atoms with Gasteiger partial charge in [0.05, 0.1) is 33.0 Å². The lowest BCUT2D eigenvalue weighted by Crippen LogP contribution is -2.41. The fourth-order valence-corrected chi connectivity index (χ4v) is 6.27. The molecule has 1 aromatic heterocycles. The van der Waals surface area contributed by atoms with Crippen LogP contribution in [0.2, 0.25) is 0 Å². The normalized spacial score (nSPS) is 19.7. The Morgan fingerprint density at radius 2 is 2.06 bits per heavy atom. The molecule has 0 saturated carbocycles. The van der Waals surface area contributed by atoms with Crippen molar-refractivity contribution in [1.82, 2.24) is 9.21 Å². The predicted molar refractivity (Wildman–Crippen MR) is 121 cm³/mol. The Morgan fingerprint density at radius 3 is 2.72 bits per heavy atom. The Morgan fingerprint density at radius 1 is 1.25 bits per heavy atom. The van der Waals surface area contributed by atoms with Crippen LogP contribution in [0.15, 0.2) is 40.6 Å². The predicted octanol–water partition coefficient (Wildman–Crippen LogP) is 2.60. The number of nitrogens with zero attached hydrogens (tertiary/aromatic N) is 2. The molecule has 1 aromatic carbocycles. The summed E-state index contributed by atoms with van der Waals surface area (Å²) >= 11 is 1.58. The van der Waals surface area contributed by atoms with Crippen LogP contribution < -0.4 is 4.74 Å². The van der Waals surface area contributed by atoms with Crippen LogP contribution in [-0.4, -0.2) is 76.2 Å². The van der Waals surface area contributed by atoms with E-state index in [9.17, 15) is 13.2 Å². The summed E-state index contributed by atoms with van der Waals surface area (Å²) in [6.45, 7) is 2.85. The highest BCUT2D eigenvalue weighted by Gasteiger charge is 2.31. The average molecular weight is 481 g/mol. The molecule has 2 aliphatic heterocycles. The van der Waals surface area contributed by atoms with Crippen molar-refractivity contribution in [2.24, 2.45) is 0 Å². The molecule has 8 nitrogen and oxygen atoms in total. The Bertz CT molecular complexity index is 1010. The van der Waals surface area contributed by atoms with Gasteiger partial charge in [0, 0.05) is 36.7 Å². The number of morpholine rings is 1. The average Bonchev–Trinajstić information content (AvgIpc) is 3.53. The molecule has 174 valence electrons. The van der Waals surface area contributed by atoms with E-state index in [1.807, 2.05) is 17.5 Å². The van der Waals surface area contributed by atoms with Crippen molar-refractivity contribution in [3.05, 3.63) is 46.2 Å². The van der Waals surface area contributed by atoms with Gasteiger partial charge in [-0.15, -0.1) is 11.3 Å². The van der Waals surface area contributed by atoms with Gasteiger partial charge in [0.15, 0.2) is 0 Å². The molecule has 10 heteroatoms. The second-order valence-electron chi connectivity index (χ2n) is 7.78. The number of sulfonamides is 1. The van der Waals surface area contributed by atoms with Gasteiger partial charge in [-0.25, -0.2) is 8.42 Å². The van der Waals surface area contributed by atoms with Crippen LogP contribution in [0.3, 0.4) is 0 Å². The zero-order chi connectivity index (χ0) is 22.6. The van der Waals surface area contributed by atoms with Gasteiger partial charge in [-0.1, -0.05) is 6.07 Å². The quantitative estimate of drug-likeness (QED) is 0.577. The minimum absolute atomic E-state index is 0.000870. The highest BCUT2D eigenvalue weighted by Crippen LogP contribution is 2.29. The van der Waals surface area contributed by atoms with E-state index in [2.05, 4.69) is 0 Å². The van der Waals surface area contributed by atoms with Crippen molar-refractivity contribution in [1.29, 1.82) is 0 Å². The van der Waals surface area contributed by atoms with Gasteiger partial charge in [0.2, 0.25) is 10.0 Å². The summed E-state index contributed by atoms with van der Waals surface area (Å²) in [4.78, 5) is 16.3. The lowest BCUT2D eigenvalue weighted by molar-refractivity contribution is 0.0509. The molecule has 1 unspecified atom stereocenters. The van der Waals surface area contributed by atoms with E-state index in [0.717, 1.165) is 17.7 Å². The van der Waals surface area contributed by atoms with Crippen LogP contribution in [0.25, 0.3) is 0 Å². The van der Waals surface area contributed by atoms with E-state index in [1.54, 1.807) is 28.4 Å². The van der Waals surface area contributed by atoms with E-state index in [-0.39, 0.29) is 35.7 Å². The highest BCUT2D eigenvalue weighted by atomic mass is 32.2. The number of thiophene rings is 1. The molecule has 2 aromatic rings. The Kier molecular flexibility index (Phi) is 7.47. The number of rotatable bonds is 8. The summed E-state index contributed by atoms with van der Waals surface area (Å²) in [6.07, 6.45) is 1.89. The third kappa shape index (κ3) is 5.15. The molecule has 4 rings (SSSR count). The topological polar surface area (TPSA) is 85.4 Å². The van der Waals surface area contributed by atoms with Gasteiger partial charge in [-0.05, 0) is 42.5 Å². The van der Waals surface area contributed by atoms with Gasteiger partial charge in [0.25, 0.3) is 5.91 Å². The first-order valence-corrected chi connectivity index (χ1v) is 13.0. The van der Waals surface area contributed by atoms with Crippen LogP contribution >= 0.6 is 11.3 Å². The first-order chi connectivity index (χ1) is 15.5. The Balaban J connectivity index is 1.64. The first-order valence-electron chi connectivity index (χ1n) is 10.7. The van der Waals surface area contributed by atoms with Crippen LogP contribution in [0.4, 0.5) is 0 Å². The lowest BCUT2D eigenvalue weighted by atomic mass is 10.1. The molecule has 2 aliphatic rings. The van der Waals surface area contributed by atoms with Crippen LogP contribution in [0.5, 0.6) is 5.75 Å². The first kappa shape index (κ1) is 23.2. The molecular formula is C22H28N2O6S2. The van der Waals surface area contributed by atoms with Crippen molar-refractivity contribution in [2.75, 3.05) is 46.6 Å². The van der Waals surface area contributed by atoms with Crippen molar-refractivity contribution in [3.63, 3.8) is 0 Å². The molecule has 0 spiro atoms. The number of hydrogen-bond acceptors (Lipinski definition) is 7. The van der Waals surface area contributed by atoms with E-state index < -0.39 is 10.0 Å². The second kappa shape index (κ2) is 10.3. The molecule has 3 heterocycles. The fraction of sp³-hybridized carbons (Fsp3) is 0.500. The summed E-state index contributed by atoms with van der Waals surface area (Å²) in [7, 11) is -2.40. The van der Waals surface area contributed by atoms with Gasteiger partial charge >= 0.3 is 0 Å². The molecule has 0 N–H and O–H groups in total. The standard InChI is InChI=1S/C22H28N2O6S2/c1-28-20-7-6-17(14-21(20)32(26,27)24-8-11-29-12-9-24)22(25)23(15-18-4-2-10-30-18)16-19-5-3-13-31-19/h3,5-7,13-14,18H,2,4,8-12,15-16H2,1H3. The Hall–Kier alpha value is -1.98. The van der Waals surface area contributed by atoms with E-state index >= 15 is 0 Å². The highest BCUT2D eigenvalue weighted by molar-refractivity contribution is 7.89. The number of benzene rings is 1. The molecule has 0 bridgehead atoms. The molecule has 2 fully saturated rings. The number of carbonyl (C=O) groups excluding carboxylic acids is 1. The molecule has 0 radical (unpaired) electrons. The van der Waals surface area contributed by atoms with Crippen LogP contribution in [0.1, 0.15) is 28.1 Å². The van der Waals surface area contributed by atoms with Gasteiger partial charge in [-0.2, -0.15) is 4.31 Å². The maximum Gasteiger partial charge on any atom is 0.254 e. The van der Waals surface area contributed by atoms with E-state index in [1.165, 1.54) is 17.5 Å². The molecule has 1 amide bonds. The van der Waals surface area contributed by atoms with E-state index in [0.29, 0.717) is 38.5 Å². The van der Waals surface area contributed by atoms with Crippen LogP contribution in [-0.2, 0) is 26.0 Å². The van der Waals surface area contributed by atoms with Crippen LogP contribution in [0, 0.1) is 0 Å². The van der Waals surface area contributed by atoms with Crippen molar-refractivity contribution >= 4 is 27.3 Å². The van der Waals surface area contributed by atoms with Gasteiger partial charge < -0.3 is 19.1 Å². The lowest BCUT2D eigenvalue weighted by Gasteiger charge is -2.28. The number of hydrogen-bond donors (Lipinski definition) is 0. The fourth-order valence-electron chi connectivity index (χ4n) is 3.96. The summed E-state index contributed by atoms with van der Waals surface area (Å²) in [5, 5.41) is 1.98. The number of methoxy groups -OCH3 is 1. The minimum atomic E-state index is -3.82. The molecule has 32 heavy (non-hydrogen) atoms.